The van der Waals surface area contributed by atoms with Gasteiger partial charge in [0.2, 0.25) is 0 Å². The molecule has 3 heteroatoms. The minimum absolute atomic E-state index is 0.136. The zero-order valence-electron chi connectivity index (χ0n) is 11.1. The van der Waals surface area contributed by atoms with Crippen molar-refractivity contribution in [3.8, 4) is 0 Å². The Hall–Kier alpha value is -1.19. The Bertz CT molecular complexity index is 413. The van der Waals surface area contributed by atoms with Gasteiger partial charge >= 0.3 is 0 Å². The molecule has 1 aliphatic heterocycles. The summed E-state index contributed by atoms with van der Waals surface area (Å²) in [7, 11) is 0. The maximum Gasteiger partial charge on any atom is 0.176 e. The molecule has 18 heavy (non-hydrogen) atoms. The Kier molecular flexibility index (Phi) is 4.15. The minimum atomic E-state index is -0.301. The maximum absolute atomic E-state index is 12.1. The normalized spacial score (nSPS) is 25.1. The molecule has 1 N–H and O–H groups in total. The third-order valence-corrected chi connectivity index (χ3v) is 3.74. The monoisotopic (exact) mass is 247 g/mol. The second-order valence-corrected chi connectivity index (χ2v) is 5.36. The van der Waals surface area contributed by atoms with Crippen molar-refractivity contribution in [3.63, 3.8) is 0 Å². The summed E-state index contributed by atoms with van der Waals surface area (Å²) >= 11 is 0. The zero-order valence-corrected chi connectivity index (χ0v) is 11.1. The molecular formula is C15H21NO2. The van der Waals surface area contributed by atoms with Gasteiger partial charge in [0.05, 0.1) is 12.6 Å². The van der Waals surface area contributed by atoms with Crippen LogP contribution in [0.5, 0.6) is 0 Å². The summed E-state index contributed by atoms with van der Waals surface area (Å²) in [5.74, 6) is 0.479. The number of carbonyl (C=O) groups excluding carboxylic acids is 1. The second kappa shape index (κ2) is 5.63. The van der Waals surface area contributed by atoms with Crippen LogP contribution in [-0.2, 0) is 0 Å². The number of carbonyl (C=O) groups is 1. The van der Waals surface area contributed by atoms with Crippen molar-refractivity contribution in [2.75, 3.05) is 19.6 Å². The summed E-state index contributed by atoms with van der Waals surface area (Å²) in [6.45, 7) is 5.99. The van der Waals surface area contributed by atoms with E-state index in [2.05, 4.69) is 6.92 Å². The molecule has 0 saturated carbocycles. The molecule has 98 valence electrons. The van der Waals surface area contributed by atoms with E-state index in [1.165, 1.54) is 0 Å². The van der Waals surface area contributed by atoms with Crippen molar-refractivity contribution < 1.29 is 9.90 Å². The van der Waals surface area contributed by atoms with Gasteiger partial charge in [-0.05, 0) is 25.8 Å². The van der Waals surface area contributed by atoms with Crippen LogP contribution >= 0.6 is 0 Å². The van der Waals surface area contributed by atoms with E-state index in [0.717, 1.165) is 24.1 Å². The lowest BCUT2D eigenvalue weighted by atomic mass is 9.95. The van der Waals surface area contributed by atoms with Crippen LogP contribution in [0.25, 0.3) is 0 Å². The van der Waals surface area contributed by atoms with Crippen LogP contribution in [0.4, 0.5) is 0 Å². The van der Waals surface area contributed by atoms with Gasteiger partial charge in [-0.2, -0.15) is 0 Å². The Morgan fingerprint density at radius 3 is 2.67 bits per heavy atom. The lowest BCUT2D eigenvalue weighted by Crippen LogP contribution is -2.44. The van der Waals surface area contributed by atoms with Gasteiger partial charge in [0, 0.05) is 12.1 Å². The molecule has 2 atom stereocenters. The van der Waals surface area contributed by atoms with Crippen LogP contribution in [0, 0.1) is 12.8 Å². The number of β-amino-alcohol motifs (C(OH)–C–C–N with tert-alkyl or cyclic N) is 1. The fraction of sp³-hybridized carbons (Fsp3) is 0.533. The van der Waals surface area contributed by atoms with Crippen molar-refractivity contribution in [1.82, 2.24) is 4.90 Å². The predicted molar refractivity (Wildman–Crippen MR) is 71.7 cm³/mol. The molecule has 1 aromatic carbocycles. The SMILES string of the molecule is Cc1ccc(C(=O)CN2CCC(C)C(O)C2)cc1. The average molecular weight is 247 g/mol. The van der Waals surface area contributed by atoms with E-state index in [9.17, 15) is 9.90 Å². The summed E-state index contributed by atoms with van der Waals surface area (Å²) in [6.07, 6.45) is 0.659. The number of hydrogen-bond acceptors (Lipinski definition) is 3. The third-order valence-electron chi connectivity index (χ3n) is 3.74. The number of rotatable bonds is 3. The number of hydrogen-bond donors (Lipinski definition) is 1. The van der Waals surface area contributed by atoms with Crippen molar-refractivity contribution in [2.24, 2.45) is 5.92 Å². The molecule has 0 aromatic heterocycles. The number of ketones is 1. The number of piperidine rings is 1. The lowest BCUT2D eigenvalue weighted by Gasteiger charge is -2.33. The van der Waals surface area contributed by atoms with Gasteiger partial charge < -0.3 is 5.11 Å². The highest BCUT2D eigenvalue weighted by Crippen LogP contribution is 2.17. The zero-order chi connectivity index (χ0) is 13.1. The summed E-state index contributed by atoms with van der Waals surface area (Å²) in [5.41, 5.74) is 1.92. The van der Waals surface area contributed by atoms with Crippen molar-refractivity contribution in [1.29, 1.82) is 0 Å². The number of aryl methyl sites for hydroxylation is 1. The molecule has 0 spiro atoms. The molecule has 0 aliphatic carbocycles. The molecular weight excluding hydrogens is 226 g/mol. The van der Waals surface area contributed by atoms with Gasteiger partial charge in [-0.15, -0.1) is 0 Å². The third kappa shape index (κ3) is 3.18. The summed E-state index contributed by atoms with van der Waals surface area (Å²) in [6, 6.07) is 7.67. The van der Waals surface area contributed by atoms with E-state index in [1.54, 1.807) is 0 Å². The molecule has 2 unspecified atom stereocenters. The molecule has 3 nitrogen and oxygen atoms in total. The molecule has 0 radical (unpaired) electrons. The van der Waals surface area contributed by atoms with Crippen molar-refractivity contribution in [3.05, 3.63) is 35.4 Å². The Morgan fingerprint density at radius 1 is 1.39 bits per heavy atom. The fourth-order valence-electron chi connectivity index (χ4n) is 2.29. The van der Waals surface area contributed by atoms with Crippen LogP contribution in [0.1, 0.15) is 29.3 Å². The minimum Gasteiger partial charge on any atom is -0.392 e. The number of aliphatic hydroxyl groups excluding tert-OH is 1. The number of Topliss-reactive ketones (excluding diaryl/α,β-unsaturated/α-hetero) is 1. The van der Waals surface area contributed by atoms with E-state index in [0.29, 0.717) is 19.0 Å². The number of likely N-dealkylation sites (tertiary alicyclic amines) is 1. The van der Waals surface area contributed by atoms with Crippen LogP contribution in [0.3, 0.4) is 0 Å². The molecule has 1 aliphatic rings. The van der Waals surface area contributed by atoms with Crippen LogP contribution < -0.4 is 0 Å². The largest absolute Gasteiger partial charge is 0.392 e. The second-order valence-electron chi connectivity index (χ2n) is 5.36. The average Bonchev–Trinajstić information content (AvgIpc) is 2.34. The number of nitrogens with zero attached hydrogens (tertiary/aromatic N) is 1. The quantitative estimate of drug-likeness (QED) is 0.829. The van der Waals surface area contributed by atoms with E-state index in [-0.39, 0.29) is 11.9 Å². The van der Waals surface area contributed by atoms with E-state index in [1.807, 2.05) is 36.1 Å². The number of benzene rings is 1. The van der Waals surface area contributed by atoms with E-state index >= 15 is 0 Å². The van der Waals surface area contributed by atoms with Gasteiger partial charge in [0.1, 0.15) is 0 Å². The van der Waals surface area contributed by atoms with E-state index in [4.69, 9.17) is 0 Å². The van der Waals surface area contributed by atoms with Gasteiger partial charge in [-0.25, -0.2) is 0 Å². The van der Waals surface area contributed by atoms with E-state index < -0.39 is 0 Å². The van der Waals surface area contributed by atoms with Crippen molar-refractivity contribution in [2.45, 2.75) is 26.4 Å². The Balaban J connectivity index is 1.93. The molecule has 1 saturated heterocycles. The van der Waals surface area contributed by atoms with Gasteiger partial charge in [-0.3, -0.25) is 9.69 Å². The predicted octanol–water partition coefficient (Wildman–Crippen LogP) is 1.88. The van der Waals surface area contributed by atoms with Gasteiger partial charge in [0.25, 0.3) is 0 Å². The summed E-state index contributed by atoms with van der Waals surface area (Å²) in [4.78, 5) is 14.1. The molecule has 1 heterocycles. The maximum atomic E-state index is 12.1. The van der Waals surface area contributed by atoms with Crippen molar-refractivity contribution >= 4 is 5.78 Å². The first kappa shape index (κ1) is 13.2. The van der Waals surface area contributed by atoms with Gasteiger partial charge in [0.15, 0.2) is 5.78 Å². The summed E-state index contributed by atoms with van der Waals surface area (Å²) in [5, 5.41) is 9.81. The smallest absolute Gasteiger partial charge is 0.176 e. The van der Waals surface area contributed by atoms with Gasteiger partial charge in [-0.1, -0.05) is 36.8 Å². The topological polar surface area (TPSA) is 40.5 Å². The number of aliphatic hydroxyl groups is 1. The van der Waals surface area contributed by atoms with Crippen LogP contribution in [0.2, 0.25) is 0 Å². The molecule has 1 fully saturated rings. The molecule has 0 bridgehead atoms. The first-order valence-electron chi connectivity index (χ1n) is 6.56. The summed E-state index contributed by atoms with van der Waals surface area (Å²) < 4.78 is 0. The lowest BCUT2D eigenvalue weighted by molar-refractivity contribution is 0.0295. The highest BCUT2D eigenvalue weighted by Gasteiger charge is 2.25. The van der Waals surface area contributed by atoms with Crippen LogP contribution in [0.15, 0.2) is 24.3 Å². The molecule has 0 amide bonds. The first-order valence-corrected chi connectivity index (χ1v) is 6.56. The van der Waals surface area contributed by atoms with Crippen LogP contribution in [-0.4, -0.2) is 41.5 Å². The molecule has 1 aromatic rings. The highest BCUT2D eigenvalue weighted by atomic mass is 16.3. The Labute approximate surface area is 108 Å². The standard InChI is InChI=1S/C15H21NO2/c1-11-3-5-13(6-4-11)15(18)10-16-8-7-12(2)14(17)9-16/h3-6,12,14,17H,7-10H2,1-2H3. The fourth-order valence-corrected chi connectivity index (χ4v) is 2.29. The molecule has 2 rings (SSSR count). The Morgan fingerprint density at radius 2 is 2.06 bits per heavy atom. The first-order chi connectivity index (χ1) is 8.56. The highest BCUT2D eigenvalue weighted by molar-refractivity contribution is 5.97.